The van der Waals surface area contributed by atoms with E-state index in [9.17, 15) is 9.59 Å². The Bertz CT molecular complexity index is 539. The normalized spacial score (nSPS) is 17.3. The number of amides is 1. The van der Waals surface area contributed by atoms with Gasteiger partial charge in [0.15, 0.2) is 0 Å². The number of nitrogens with zero attached hydrogens (tertiary/aromatic N) is 1. The molecule has 0 saturated carbocycles. The van der Waals surface area contributed by atoms with Gasteiger partial charge in [-0.3, -0.25) is 14.5 Å². The minimum Gasteiger partial charge on any atom is -0.492 e. The Morgan fingerprint density at radius 2 is 2.22 bits per heavy atom. The molecule has 1 aromatic rings. The van der Waals surface area contributed by atoms with Gasteiger partial charge in [0, 0.05) is 6.54 Å². The van der Waals surface area contributed by atoms with Crippen molar-refractivity contribution in [1.82, 2.24) is 10.2 Å². The standard InChI is InChI=1S/C16H22N2O4.ClH/c1-12-3-2-4-14(9-12)22-8-6-17-15(19)11-18-7-5-13(10-18)16(20)21;/h2-4,9,13H,5-8,10-11H2,1H3,(H,17,19)(H,20,21);1H. The summed E-state index contributed by atoms with van der Waals surface area (Å²) in [4.78, 5) is 24.5. The van der Waals surface area contributed by atoms with Gasteiger partial charge in [0.2, 0.25) is 5.91 Å². The molecule has 2 rings (SSSR count). The molecule has 23 heavy (non-hydrogen) atoms. The van der Waals surface area contributed by atoms with Crippen LogP contribution < -0.4 is 10.1 Å². The fraction of sp³-hybridized carbons (Fsp3) is 0.500. The van der Waals surface area contributed by atoms with Crippen molar-refractivity contribution in [2.75, 3.05) is 32.8 Å². The molecular weight excluding hydrogens is 320 g/mol. The summed E-state index contributed by atoms with van der Waals surface area (Å²) in [7, 11) is 0. The molecule has 0 spiro atoms. The highest BCUT2D eigenvalue weighted by Crippen LogP contribution is 2.15. The fourth-order valence-corrected chi connectivity index (χ4v) is 2.50. The van der Waals surface area contributed by atoms with Crippen molar-refractivity contribution in [3.63, 3.8) is 0 Å². The van der Waals surface area contributed by atoms with Crippen molar-refractivity contribution in [3.05, 3.63) is 29.8 Å². The summed E-state index contributed by atoms with van der Waals surface area (Å²) in [5.41, 5.74) is 1.13. The van der Waals surface area contributed by atoms with Gasteiger partial charge < -0.3 is 15.2 Å². The first-order chi connectivity index (χ1) is 10.5. The number of hydrogen-bond donors (Lipinski definition) is 2. The van der Waals surface area contributed by atoms with E-state index < -0.39 is 5.97 Å². The van der Waals surface area contributed by atoms with E-state index in [-0.39, 0.29) is 30.8 Å². The highest BCUT2D eigenvalue weighted by atomic mass is 35.5. The summed E-state index contributed by atoms with van der Waals surface area (Å²) < 4.78 is 5.55. The number of ether oxygens (including phenoxy) is 1. The van der Waals surface area contributed by atoms with Crippen molar-refractivity contribution in [1.29, 1.82) is 0 Å². The van der Waals surface area contributed by atoms with Crippen LogP contribution in [-0.2, 0) is 9.59 Å². The first-order valence-electron chi connectivity index (χ1n) is 7.46. The number of carbonyl (C=O) groups excluding carboxylic acids is 1. The topological polar surface area (TPSA) is 78.9 Å². The third-order valence-corrected chi connectivity index (χ3v) is 3.67. The molecule has 1 atom stereocenters. The van der Waals surface area contributed by atoms with Crippen LogP contribution in [0, 0.1) is 12.8 Å². The lowest BCUT2D eigenvalue weighted by Gasteiger charge is -2.15. The number of nitrogens with one attached hydrogen (secondary N) is 1. The average molecular weight is 343 g/mol. The van der Waals surface area contributed by atoms with Gasteiger partial charge in [-0.1, -0.05) is 12.1 Å². The second-order valence-electron chi connectivity index (χ2n) is 5.57. The van der Waals surface area contributed by atoms with Gasteiger partial charge >= 0.3 is 5.97 Å². The van der Waals surface area contributed by atoms with E-state index in [1.165, 1.54) is 0 Å². The molecule has 1 unspecified atom stereocenters. The lowest BCUT2D eigenvalue weighted by atomic mass is 10.1. The van der Waals surface area contributed by atoms with Crippen LogP contribution in [0.15, 0.2) is 24.3 Å². The highest BCUT2D eigenvalue weighted by Gasteiger charge is 2.28. The number of aryl methyl sites for hydroxylation is 1. The van der Waals surface area contributed by atoms with Crippen LogP contribution in [0.4, 0.5) is 0 Å². The van der Waals surface area contributed by atoms with Gasteiger partial charge in [-0.2, -0.15) is 0 Å². The molecule has 0 aliphatic carbocycles. The zero-order valence-electron chi connectivity index (χ0n) is 13.2. The van der Waals surface area contributed by atoms with Gasteiger partial charge in [0.1, 0.15) is 12.4 Å². The monoisotopic (exact) mass is 342 g/mol. The number of hydrogen-bond acceptors (Lipinski definition) is 4. The molecule has 1 aromatic carbocycles. The first-order valence-corrected chi connectivity index (χ1v) is 7.46. The maximum Gasteiger partial charge on any atom is 0.307 e. The van der Waals surface area contributed by atoms with Crippen molar-refractivity contribution in [3.8, 4) is 5.75 Å². The molecule has 1 fully saturated rings. The van der Waals surface area contributed by atoms with Crippen LogP contribution in [0.25, 0.3) is 0 Å². The molecule has 6 nitrogen and oxygen atoms in total. The average Bonchev–Trinajstić information content (AvgIpc) is 2.92. The quantitative estimate of drug-likeness (QED) is 0.731. The van der Waals surface area contributed by atoms with E-state index in [0.29, 0.717) is 32.7 Å². The molecule has 1 heterocycles. The van der Waals surface area contributed by atoms with Gasteiger partial charge in [-0.05, 0) is 37.6 Å². The number of aliphatic carboxylic acids is 1. The Kier molecular flexibility index (Phi) is 7.85. The maximum atomic E-state index is 11.8. The smallest absolute Gasteiger partial charge is 0.307 e. The number of rotatable bonds is 7. The zero-order chi connectivity index (χ0) is 15.9. The predicted octanol–water partition coefficient (Wildman–Crippen LogP) is 1.32. The van der Waals surface area contributed by atoms with Crippen LogP contribution in [0.5, 0.6) is 5.75 Å². The van der Waals surface area contributed by atoms with E-state index in [2.05, 4.69) is 5.32 Å². The van der Waals surface area contributed by atoms with Gasteiger partial charge in [0.25, 0.3) is 0 Å². The second kappa shape index (κ2) is 9.37. The highest BCUT2D eigenvalue weighted by molar-refractivity contribution is 5.85. The minimum absolute atomic E-state index is 0. The fourth-order valence-electron chi connectivity index (χ4n) is 2.50. The van der Waals surface area contributed by atoms with Crippen molar-refractivity contribution in [2.45, 2.75) is 13.3 Å². The van der Waals surface area contributed by atoms with Gasteiger partial charge in [-0.15, -0.1) is 12.4 Å². The Morgan fingerprint density at radius 1 is 1.43 bits per heavy atom. The number of carboxylic acid groups (broad SMARTS) is 1. The Morgan fingerprint density at radius 3 is 2.87 bits per heavy atom. The number of likely N-dealkylation sites (tertiary alicyclic amines) is 1. The van der Waals surface area contributed by atoms with E-state index in [1.54, 1.807) is 0 Å². The number of halogens is 1. The molecule has 128 valence electrons. The van der Waals surface area contributed by atoms with Crippen LogP contribution in [0.3, 0.4) is 0 Å². The largest absolute Gasteiger partial charge is 0.492 e. The molecule has 1 amide bonds. The molecule has 0 radical (unpaired) electrons. The third-order valence-electron chi connectivity index (χ3n) is 3.67. The molecule has 7 heteroatoms. The summed E-state index contributed by atoms with van der Waals surface area (Å²) in [5, 5.41) is 11.7. The van der Waals surface area contributed by atoms with Crippen LogP contribution in [-0.4, -0.2) is 54.7 Å². The summed E-state index contributed by atoms with van der Waals surface area (Å²) in [6.45, 7) is 4.19. The first kappa shape index (κ1) is 19.3. The third kappa shape index (κ3) is 6.46. The van der Waals surface area contributed by atoms with Crippen molar-refractivity contribution < 1.29 is 19.4 Å². The summed E-state index contributed by atoms with van der Waals surface area (Å²) in [5.74, 6) is -0.441. The lowest BCUT2D eigenvalue weighted by molar-refractivity contribution is -0.141. The molecule has 0 bridgehead atoms. The van der Waals surface area contributed by atoms with E-state index in [4.69, 9.17) is 9.84 Å². The van der Waals surface area contributed by atoms with Crippen LogP contribution >= 0.6 is 12.4 Å². The molecule has 1 aliphatic rings. The summed E-state index contributed by atoms with van der Waals surface area (Å²) >= 11 is 0. The van der Waals surface area contributed by atoms with Crippen molar-refractivity contribution in [2.24, 2.45) is 5.92 Å². The Balaban J connectivity index is 0.00000264. The van der Waals surface area contributed by atoms with E-state index in [0.717, 1.165) is 11.3 Å². The van der Waals surface area contributed by atoms with Crippen LogP contribution in [0.2, 0.25) is 0 Å². The van der Waals surface area contributed by atoms with Crippen LogP contribution in [0.1, 0.15) is 12.0 Å². The van der Waals surface area contributed by atoms with E-state index in [1.807, 2.05) is 36.1 Å². The molecular formula is C16H23ClN2O4. The minimum atomic E-state index is -0.783. The SMILES string of the molecule is Cc1cccc(OCCNC(=O)CN2CCC(C(=O)O)C2)c1.Cl. The van der Waals surface area contributed by atoms with Gasteiger partial charge in [0.05, 0.1) is 19.0 Å². The molecule has 1 aliphatic heterocycles. The maximum absolute atomic E-state index is 11.8. The summed E-state index contributed by atoms with van der Waals surface area (Å²) in [6.07, 6.45) is 0.610. The second-order valence-corrected chi connectivity index (χ2v) is 5.57. The predicted molar refractivity (Wildman–Crippen MR) is 89.1 cm³/mol. The zero-order valence-corrected chi connectivity index (χ0v) is 14.0. The summed E-state index contributed by atoms with van der Waals surface area (Å²) in [6, 6.07) is 7.74. The van der Waals surface area contributed by atoms with Crippen molar-refractivity contribution >= 4 is 24.3 Å². The number of benzene rings is 1. The van der Waals surface area contributed by atoms with Gasteiger partial charge in [-0.25, -0.2) is 0 Å². The molecule has 0 aromatic heterocycles. The molecule has 2 N–H and O–H groups in total. The Labute approximate surface area is 142 Å². The number of carboxylic acids is 1. The van der Waals surface area contributed by atoms with E-state index >= 15 is 0 Å². The lowest BCUT2D eigenvalue weighted by Crippen LogP contribution is -2.38. The Hall–Kier alpha value is -1.79. The molecule has 1 saturated heterocycles. The number of carbonyl (C=O) groups is 2.